The van der Waals surface area contributed by atoms with Crippen LogP contribution in [-0.2, 0) is 12.0 Å². The Morgan fingerprint density at radius 1 is 1.12 bits per heavy atom. The maximum atomic E-state index is 11.9. The topological polar surface area (TPSA) is 51.5 Å². The van der Waals surface area contributed by atoms with Gasteiger partial charge in [0.25, 0.3) is 5.91 Å². The van der Waals surface area contributed by atoms with E-state index in [-0.39, 0.29) is 11.3 Å². The highest BCUT2D eigenvalue weighted by Crippen LogP contribution is 2.24. The Morgan fingerprint density at radius 2 is 1.79 bits per heavy atom. The van der Waals surface area contributed by atoms with Crippen LogP contribution in [-0.4, -0.2) is 12.5 Å². The van der Waals surface area contributed by atoms with Gasteiger partial charge in [-0.2, -0.15) is 0 Å². The fourth-order valence-corrected chi connectivity index (χ4v) is 2.17. The van der Waals surface area contributed by atoms with Crippen LogP contribution in [0.2, 0.25) is 0 Å². The van der Waals surface area contributed by atoms with E-state index in [1.807, 2.05) is 26.0 Å². The molecule has 0 atom stereocenters. The molecule has 0 unspecified atom stereocenters. The van der Waals surface area contributed by atoms with Crippen LogP contribution < -0.4 is 10.1 Å². The van der Waals surface area contributed by atoms with Crippen LogP contribution in [0.15, 0.2) is 40.8 Å². The second kappa shape index (κ2) is 7.56. The Labute approximate surface area is 144 Å². The predicted octanol–water partition coefficient (Wildman–Crippen LogP) is 4.54. The molecule has 1 aromatic carbocycles. The summed E-state index contributed by atoms with van der Waals surface area (Å²) in [7, 11) is 0. The van der Waals surface area contributed by atoms with Gasteiger partial charge in [0.1, 0.15) is 18.1 Å². The first-order valence-electron chi connectivity index (χ1n) is 8.36. The number of furan rings is 1. The number of hydrogen-bond donors (Lipinski definition) is 1. The van der Waals surface area contributed by atoms with Crippen LogP contribution in [0.1, 0.15) is 56.5 Å². The lowest BCUT2D eigenvalue weighted by atomic mass is 9.87. The maximum Gasteiger partial charge on any atom is 0.287 e. The Hall–Kier alpha value is -2.23. The van der Waals surface area contributed by atoms with Gasteiger partial charge in [-0.3, -0.25) is 4.79 Å². The smallest absolute Gasteiger partial charge is 0.287 e. The molecule has 1 heterocycles. The van der Waals surface area contributed by atoms with E-state index in [0.717, 1.165) is 5.75 Å². The summed E-state index contributed by atoms with van der Waals surface area (Å²) in [6, 6.07) is 11.5. The minimum Gasteiger partial charge on any atom is -0.486 e. The highest BCUT2D eigenvalue weighted by Gasteiger charge is 2.14. The van der Waals surface area contributed by atoms with Crippen molar-refractivity contribution in [2.75, 3.05) is 6.54 Å². The van der Waals surface area contributed by atoms with Gasteiger partial charge in [-0.1, -0.05) is 46.8 Å². The average Bonchev–Trinajstić information content (AvgIpc) is 2.99. The van der Waals surface area contributed by atoms with E-state index >= 15 is 0 Å². The fourth-order valence-electron chi connectivity index (χ4n) is 2.17. The molecule has 0 saturated carbocycles. The van der Waals surface area contributed by atoms with E-state index in [0.29, 0.717) is 30.6 Å². The molecular formula is C20H27NO3. The van der Waals surface area contributed by atoms with Crippen LogP contribution in [0.3, 0.4) is 0 Å². The third-order valence-electron chi connectivity index (χ3n) is 3.66. The summed E-state index contributed by atoms with van der Waals surface area (Å²) in [6.45, 7) is 11.6. The molecule has 130 valence electrons. The Morgan fingerprint density at radius 3 is 2.38 bits per heavy atom. The number of ether oxygens (including phenoxy) is 1. The highest BCUT2D eigenvalue weighted by molar-refractivity contribution is 5.91. The van der Waals surface area contributed by atoms with Crippen LogP contribution in [0, 0.1) is 5.92 Å². The van der Waals surface area contributed by atoms with Gasteiger partial charge < -0.3 is 14.5 Å². The molecule has 0 spiro atoms. The van der Waals surface area contributed by atoms with Gasteiger partial charge in [-0.25, -0.2) is 0 Å². The first-order valence-corrected chi connectivity index (χ1v) is 8.36. The predicted molar refractivity (Wildman–Crippen MR) is 95.4 cm³/mol. The second-order valence-electron chi connectivity index (χ2n) is 7.43. The van der Waals surface area contributed by atoms with Gasteiger partial charge in [-0.05, 0) is 41.2 Å². The average molecular weight is 329 g/mol. The second-order valence-corrected chi connectivity index (χ2v) is 7.43. The molecular weight excluding hydrogens is 302 g/mol. The molecule has 4 heteroatoms. The zero-order valence-corrected chi connectivity index (χ0v) is 15.2. The zero-order valence-electron chi connectivity index (χ0n) is 15.2. The van der Waals surface area contributed by atoms with Crippen LogP contribution >= 0.6 is 0 Å². The molecule has 0 aliphatic carbocycles. The zero-order chi connectivity index (χ0) is 17.7. The fraction of sp³-hybridized carbons (Fsp3) is 0.450. The van der Waals surface area contributed by atoms with E-state index in [1.165, 1.54) is 5.56 Å². The van der Waals surface area contributed by atoms with Crippen molar-refractivity contribution in [2.24, 2.45) is 5.92 Å². The van der Waals surface area contributed by atoms with E-state index in [1.54, 1.807) is 12.1 Å². The van der Waals surface area contributed by atoms with Crippen molar-refractivity contribution in [1.29, 1.82) is 0 Å². The van der Waals surface area contributed by atoms with Gasteiger partial charge in [0.05, 0.1) is 0 Å². The van der Waals surface area contributed by atoms with Crippen LogP contribution in [0.5, 0.6) is 5.75 Å². The summed E-state index contributed by atoms with van der Waals surface area (Å²) in [5.74, 6) is 1.94. The standard InChI is InChI=1S/C20H27NO3/c1-14(2)12-21-19(22)18-11-10-17(24-18)13-23-16-8-6-15(7-9-16)20(3,4)5/h6-11,14H,12-13H2,1-5H3,(H,21,22). The van der Waals surface area contributed by atoms with Crippen molar-refractivity contribution in [3.63, 3.8) is 0 Å². The minimum atomic E-state index is -0.190. The molecule has 0 bridgehead atoms. The summed E-state index contributed by atoms with van der Waals surface area (Å²) < 4.78 is 11.3. The SMILES string of the molecule is CC(C)CNC(=O)c1ccc(COc2ccc(C(C)(C)C)cc2)o1. The molecule has 4 nitrogen and oxygen atoms in total. The molecule has 0 radical (unpaired) electrons. The molecule has 1 N–H and O–H groups in total. The first kappa shape index (κ1) is 18.1. The third kappa shape index (κ3) is 5.15. The van der Waals surface area contributed by atoms with Gasteiger partial charge in [-0.15, -0.1) is 0 Å². The lowest BCUT2D eigenvalue weighted by Crippen LogP contribution is -2.26. The maximum absolute atomic E-state index is 11.9. The molecule has 1 aromatic heterocycles. The van der Waals surface area contributed by atoms with Gasteiger partial charge in [0.2, 0.25) is 0 Å². The van der Waals surface area contributed by atoms with Crippen LogP contribution in [0.25, 0.3) is 0 Å². The van der Waals surface area contributed by atoms with Gasteiger partial charge in [0, 0.05) is 6.54 Å². The van der Waals surface area contributed by atoms with E-state index in [2.05, 4.69) is 38.2 Å². The van der Waals surface area contributed by atoms with Crippen molar-refractivity contribution in [1.82, 2.24) is 5.32 Å². The van der Waals surface area contributed by atoms with Crippen molar-refractivity contribution >= 4 is 5.91 Å². The van der Waals surface area contributed by atoms with Crippen molar-refractivity contribution in [3.8, 4) is 5.75 Å². The van der Waals surface area contributed by atoms with E-state index < -0.39 is 0 Å². The van der Waals surface area contributed by atoms with Crippen molar-refractivity contribution in [2.45, 2.75) is 46.6 Å². The lowest BCUT2D eigenvalue weighted by Gasteiger charge is -2.19. The number of amides is 1. The van der Waals surface area contributed by atoms with Gasteiger partial charge >= 0.3 is 0 Å². The van der Waals surface area contributed by atoms with E-state index in [4.69, 9.17) is 9.15 Å². The first-order chi connectivity index (χ1) is 11.3. The summed E-state index contributed by atoms with van der Waals surface area (Å²) in [4.78, 5) is 11.9. The number of carbonyl (C=O) groups is 1. The summed E-state index contributed by atoms with van der Waals surface area (Å²) in [6.07, 6.45) is 0. The molecule has 0 aliphatic rings. The summed E-state index contributed by atoms with van der Waals surface area (Å²) >= 11 is 0. The van der Waals surface area contributed by atoms with E-state index in [9.17, 15) is 4.79 Å². The number of benzene rings is 1. The Bertz CT molecular complexity index is 663. The van der Waals surface area contributed by atoms with Crippen LogP contribution in [0.4, 0.5) is 0 Å². The molecule has 0 saturated heterocycles. The summed E-state index contributed by atoms with van der Waals surface area (Å²) in [5.41, 5.74) is 1.38. The molecule has 2 aromatic rings. The molecule has 24 heavy (non-hydrogen) atoms. The third-order valence-corrected chi connectivity index (χ3v) is 3.66. The quantitative estimate of drug-likeness (QED) is 0.846. The Balaban J connectivity index is 1.90. The molecule has 0 fully saturated rings. The molecule has 1 amide bonds. The summed E-state index contributed by atoms with van der Waals surface area (Å²) in [5, 5.41) is 2.83. The number of rotatable bonds is 6. The van der Waals surface area contributed by atoms with Crippen molar-refractivity contribution in [3.05, 3.63) is 53.5 Å². The lowest BCUT2D eigenvalue weighted by molar-refractivity contribution is 0.0917. The largest absolute Gasteiger partial charge is 0.486 e. The van der Waals surface area contributed by atoms with Crippen molar-refractivity contribution < 1.29 is 13.9 Å². The number of nitrogens with one attached hydrogen (secondary N) is 1. The Kier molecular flexibility index (Phi) is 5.71. The monoisotopic (exact) mass is 329 g/mol. The normalized spacial score (nSPS) is 11.6. The number of hydrogen-bond acceptors (Lipinski definition) is 3. The minimum absolute atomic E-state index is 0.123. The highest BCUT2D eigenvalue weighted by atomic mass is 16.5. The molecule has 2 rings (SSSR count). The van der Waals surface area contributed by atoms with Gasteiger partial charge in [0.15, 0.2) is 5.76 Å². The number of carbonyl (C=O) groups excluding carboxylic acids is 1. The molecule has 0 aliphatic heterocycles.